The van der Waals surface area contributed by atoms with Crippen LogP contribution in [0.15, 0.2) is 28.8 Å². The van der Waals surface area contributed by atoms with Crippen molar-refractivity contribution in [3.63, 3.8) is 0 Å². The minimum atomic E-state index is -1.45. The van der Waals surface area contributed by atoms with Gasteiger partial charge in [-0.1, -0.05) is 6.08 Å². The van der Waals surface area contributed by atoms with Crippen molar-refractivity contribution in [1.29, 1.82) is 0 Å². The summed E-state index contributed by atoms with van der Waals surface area (Å²) in [5.41, 5.74) is -1.45. The molecular weight excluding hydrogens is 198 g/mol. The van der Waals surface area contributed by atoms with Gasteiger partial charge in [-0.25, -0.2) is 4.79 Å². The number of rotatable bonds is 2. The number of carbonyl (C=O) groups is 1. The van der Waals surface area contributed by atoms with Crippen molar-refractivity contribution in [1.82, 2.24) is 15.5 Å². The Labute approximate surface area is 85.3 Å². The van der Waals surface area contributed by atoms with Crippen molar-refractivity contribution >= 4 is 5.97 Å². The van der Waals surface area contributed by atoms with Gasteiger partial charge in [0.1, 0.15) is 0 Å². The van der Waals surface area contributed by atoms with Crippen LogP contribution in [0.5, 0.6) is 0 Å². The Kier molecular flexibility index (Phi) is 2.03. The van der Waals surface area contributed by atoms with E-state index in [1.54, 1.807) is 19.1 Å². The minimum absolute atomic E-state index is 0.0214. The second-order valence-corrected chi connectivity index (χ2v) is 3.10. The molecule has 1 unspecified atom stereocenters. The van der Waals surface area contributed by atoms with Gasteiger partial charge in [-0.15, -0.1) is 10.2 Å². The first-order chi connectivity index (χ1) is 7.15. The van der Waals surface area contributed by atoms with Gasteiger partial charge in [0.2, 0.25) is 11.4 Å². The molecule has 2 N–H and O–H groups in total. The minimum Gasteiger partial charge on any atom is -0.479 e. The van der Waals surface area contributed by atoms with Crippen molar-refractivity contribution in [3.05, 3.63) is 36.2 Å². The van der Waals surface area contributed by atoms with Crippen molar-refractivity contribution < 1.29 is 14.3 Å². The Hall–Kier alpha value is -2.11. The zero-order valence-corrected chi connectivity index (χ0v) is 7.97. The summed E-state index contributed by atoms with van der Waals surface area (Å²) in [7, 11) is 0. The quantitative estimate of drug-likeness (QED) is 0.726. The van der Waals surface area contributed by atoms with Crippen LogP contribution < -0.4 is 5.32 Å². The van der Waals surface area contributed by atoms with E-state index in [1.807, 2.05) is 0 Å². The monoisotopic (exact) mass is 207 g/mol. The lowest BCUT2D eigenvalue weighted by Gasteiger charge is -2.24. The highest BCUT2D eigenvalue weighted by Crippen LogP contribution is 2.24. The molecule has 6 heteroatoms. The summed E-state index contributed by atoms with van der Waals surface area (Å²) in [6, 6.07) is 0. The first kappa shape index (κ1) is 9.45. The number of hydrogen-bond acceptors (Lipinski definition) is 5. The maximum Gasteiger partial charge on any atom is 0.343 e. The number of aromatic nitrogens is 2. The van der Waals surface area contributed by atoms with Crippen molar-refractivity contribution in [3.8, 4) is 0 Å². The molecule has 1 aromatic heterocycles. The third-order valence-electron chi connectivity index (χ3n) is 2.07. The van der Waals surface area contributed by atoms with E-state index in [-0.39, 0.29) is 5.89 Å². The number of allylic oxidation sites excluding steroid dienone is 2. The number of nitrogens with zero attached hydrogens (tertiary/aromatic N) is 2. The second kappa shape index (κ2) is 3.23. The molecular formula is C9H9N3O3. The number of dihydropyridines is 1. The largest absolute Gasteiger partial charge is 0.479 e. The fraction of sp³-hybridized carbons (Fsp3) is 0.222. The number of hydrogen-bond donors (Lipinski definition) is 2. The number of aliphatic carboxylic acids is 1. The van der Waals surface area contributed by atoms with E-state index in [2.05, 4.69) is 15.5 Å². The predicted molar refractivity (Wildman–Crippen MR) is 49.8 cm³/mol. The molecule has 1 atom stereocenters. The van der Waals surface area contributed by atoms with Gasteiger partial charge in [-0.2, -0.15) is 0 Å². The van der Waals surface area contributed by atoms with Crippen LogP contribution in [0.4, 0.5) is 0 Å². The van der Waals surface area contributed by atoms with Crippen molar-refractivity contribution in [2.45, 2.75) is 12.5 Å². The summed E-state index contributed by atoms with van der Waals surface area (Å²) in [6.45, 7) is 1.61. The molecule has 0 fully saturated rings. The number of aryl methyl sites for hydroxylation is 1. The van der Waals surface area contributed by atoms with E-state index in [4.69, 9.17) is 4.42 Å². The van der Waals surface area contributed by atoms with Crippen LogP contribution in [-0.2, 0) is 10.3 Å². The molecule has 1 aromatic rings. The van der Waals surface area contributed by atoms with Gasteiger partial charge in [-0.05, 0) is 18.4 Å². The maximum atomic E-state index is 11.2. The van der Waals surface area contributed by atoms with Gasteiger partial charge >= 0.3 is 5.97 Å². The van der Waals surface area contributed by atoms with E-state index in [0.717, 1.165) is 0 Å². The summed E-state index contributed by atoms with van der Waals surface area (Å²) in [5.74, 6) is -0.741. The van der Waals surface area contributed by atoms with Crippen molar-refractivity contribution in [2.75, 3.05) is 0 Å². The van der Waals surface area contributed by atoms with Crippen LogP contribution in [0.3, 0.4) is 0 Å². The first-order valence-corrected chi connectivity index (χ1v) is 4.31. The fourth-order valence-corrected chi connectivity index (χ4v) is 1.30. The molecule has 0 aromatic carbocycles. The smallest absolute Gasteiger partial charge is 0.343 e. The molecule has 2 heterocycles. The first-order valence-electron chi connectivity index (χ1n) is 4.31. The molecule has 2 rings (SSSR count). The third-order valence-corrected chi connectivity index (χ3v) is 2.07. The maximum absolute atomic E-state index is 11.2. The van der Waals surface area contributed by atoms with Gasteiger partial charge in [-0.3, -0.25) is 0 Å². The molecule has 0 amide bonds. The summed E-state index contributed by atoms with van der Waals surface area (Å²) >= 11 is 0. The van der Waals surface area contributed by atoms with Crippen LogP contribution in [-0.4, -0.2) is 21.3 Å². The molecule has 6 nitrogen and oxygen atoms in total. The summed E-state index contributed by atoms with van der Waals surface area (Å²) in [4.78, 5) is 11.2. The molecule has 0 radical (unpaired) electrons. The average Bonchev–Trinajstić information content (AvgIpc) is 2.66. The van der Waals surface area contributed by atoms with Gasteiger partial charge in [0.25, 0.3) is 5.89 Å². The average molecular weight is 207 g/mol. The van der Waals surface area contributed by atoms with Gasteiger partial charge in [0.05, 0.1) is 0 Å². The van der Waals surface area contributed by atoms with E-state index < -0.39 is 11.5 Å². The lowest BCUT2D eigenvalue weighted by Crippen LogP contribution is -2.46. The van der Waals surface area contributed by atoms with E-state index in [1.165, 1.54) is 12.3 Å². The molecule has 0 bridgehead atoms. The lowest BCUT2D eigenvalue weighted by molar-refractivity contribution is -0.143. The second-order valence-electron chi connectivity index (χ2n) is 3.10. The molecule has 78 valence electrons. The van der Waals surface area contributed by atoms with Crippen LogP contribution >= 0.6 is 0 Å². The normalized spacial score (nSPS) is 23.8. The molecule has 0 aliphatic carbocycles. The van der Waals surface area contributed by atoms with Gasteiger partial charge in [0.15, 0.2) is 0 Å². The highest BCUT2D eigenvalue weighted by molar-refractivity contribution is 5.82. The predicted octanol–water partition coefficient (Wildman–Crippen LogP) is 0.331. The van der Waals surface area contributed by atoms with Crippen molar-refractivity contribution in [2.24, 2.45) is 0 Å². The lowest BCUT2D eigenvalue weighted by atomic mass is 9.97. The molecule has 0 spiro atoms. The SMILES string of the molecule is Cc1nnc(C2(C(=O)O)C=CC=CN2)o1. The van der Waals surface area contributed by atoms with E-state index in [9.17, 15) is 9.90 Å². The molecule has 15 heavy (non-hydrogen) atoms. The zero-order chi connectivity index (χ0) is 10.9. The highest BCUT2D eigenvalue weighted by Gasteiger charge is 2.43. The Morgan fingerprint density at radius 1 is 1.53 bits per heavy atom. The number of nitrogens with one attached hydrogen (secondary N) is 1. The standard InChI is InChI=1S/C9H9N3O3/c1-6-11-12-7(15-6)9(8(13)14)4-2-3-5-10-9/h2-5,10H,1H3,(H,13,14). The Morgan fingerprint density at radius 2 is 2.33 bits per heavy atom. The number of carboxylic acid groups (broad SMARTS) is 1. The zero-order valence-electron chi connectivity index (χ0n) is 7.97. The highest BCUT2D eigenvalue weighted by atomic mass is 16.4. The topological polar surface area (TPSA) is 88.2 Å². The van der Waals surface area contributed by atoms with Crippen LogP contribution in [0.2, 0.25) is 0 Å². The summed E-state index contributed by atoms with van der Waals surface area (Å²) < 4.78 is 5.14. The molecule has 0 saturated heterocycles. The van der Waals surface area contributed by atoms with Gasteiger partial charge < -0.3 is 14.8 Å². The fourth-order valence-electron chi connectivity index (χ4n) is 1.30. The van der Waals surface area contributed by atoms with Gasteiger partial charge in [0, 0.05) is 6.92 Å². The molecule has 0 saturated carbocycles. The molecule has 1 aliphatic heterocycles. The van der Waals surface area contributed by atoms with Crippen LogP contribution in [0.25, 0.3) is 0 Å². The summed E-state index contributed by atoms with van der Waals surface area (Å²) in [5, 5.41) is 19.2. The van der Waals surface area contributed by atoms with E-state index in [0.29, 0.717) is 5.89 Å². The Balaban J connectivity index is 2.48. The van der Waals surface area contributed by atoms with E-state index >= 15 is 0 Å². The van der Waals surface area contributed by atoms with Crippen LogP contribution in [0, 0.1) is 6.92 Å². The Morgan fingerprint density at radius 3 is 2.80 bits per heavy atom. The summed E-state index contributed by atoms with van der Waals surface area (Å²) in [6.07, 6.45) is 6.28. The third kappa shape index (κ3) is 1.39. The number of carboxylic acids is 1. The Bertz CT molecular complexity index is 449. The molecule has 1 aliphatic rings. The van der Waals surface area contributed by atoms with Crippen LogP contribution in [0.1, 0.15) is 11.8 Å².